The fourth-order valence-corrected chi connectivity index (χ4v) is 6.51. The summed E-state index contributed by atoms with van der Waals surface area (Å²) < 4.78 is 11.1. The lowest BCUT2D eigenvalue weighted by Gasteiger charge is -2.36. The van der Waals surface area contributed by atoms with Crippen molar-refractivity contribution >= 4 is 34.1 Å². The van der Waals surface area contributed by atoms with Crippen LogP contribution in [0.5, 0.6) is 11.5 Å². The number of hydrogen-bond donors (Lipinski definition) is 1. The first-order chi connectivity index (χ1) is 14.6. The van der Waals surface area contributed by atoms with E-state index in [9.17, 15) is 4.79 Å². The maximum absolute atomic E-state index is 13.5. The Morgan fingerprint density at radius 1 is 1.03 bits per heavy atom. The van der Waals surface area contributed by atoms with Crippen molar-refractivity contribution in [1.82, 2.24) is 0 Å². The molecule has 0 radical (unpaired) electrons. The maximum Gasteiger partial charge on any atom is 0.162 e. The second-order valence-electron chi connectivity index (χ2n) is 7.76. The number of ketones is 1. The summed E-state index contributed by atoms with van der Waals surface area (Å²) in [7, 11) is 3.30. The average molecular weight is 438 g/mol. The molecule has 0 spiro atoms. The van der Waals surface area contributed by atoms with Gasteiger partial charge >= 0.3 is 0 Å². The fourth-order valence-electron chi connectivity index (χ4n) is 4.62. The normalized spacial score (nSPS) is 20.4. The van der Waals surface area contributed by atoms with E-state index < -0.39 is 0 Å². The Morgan fingerprint density at radius 2 is 1.83 bits per heavy atom. The molecule has 1 aromatic carbocycles. The number of thiophene rings is 2. The lowest BCUT2D eigenvalue weighted by atomic mass is 9.74. The van der Waals surface area contributed by atoms with Gasteiger partial charge in [-0.15, -0.1) is 22.7 Å². The Kier molecular flexibility index (Phi) is 4.91. The van der Waals surface area contributed by atoms with Crippen molar-refractivity contribution in [3.05, 3.63) is 73.2 Å². The van der Waals surface area contributed by atoms with Crippen LogP contribution in [-0.2, 0) is 4.79 Å². The number of ether oxygens (including phenoxy) is 2. The van der Waals surface area contributed by atoms with Crippen LogP contribution in [0, 0.1) is 6.92 Å². The van der Waals surface area contributed by atoms with Crippen LogP contribution in [0.15, 0.2) is 52.4 Å². The molecule has 1 aliphatic carbocycles. The van der Waals surface area contributed by atoms with E-state index in [1.54, 1.807) is 36.9 Å². The second-order valence-corrected chi connectivity index (χ2v) is 9.68. The fraction of sp³-hybridized carbons (Fsp3) is 0.292. The zero-order valence-electron chi connectivity index (χ0n) is 17.2. The third-order valence-corrected chi connectivity index (χ3v) is 8.18. The van der Waals surface area contributed by atoms with Crippen LogP contribution in [-0.4, -0.2) is 20.0 Å². The Labute approximate surface area is 184 Å². The van der Waals surface area contributed by atoms with Gasteiger partial charge in [-0.1, -0.05) is 6.07 Å². The topological polar surface area (TPSA) is 47.6 Å². The summed E-state index contributed by atoms with van der Waals surface area (Å²) in [6.45, 7) is 2.12. The molecule has 0 bridgehead atoms. The van der Waals surface area contributed by atoms with Crippen LogP contribution in [0.3, 0.4) is 0 Å². The van der Waals surface area contributed by atoms with Gasteiger partial charge in [-0.3, -0.25) is 4.79 Å². The first-order valence-corrected chi connectivity index (χ1v) is 11.7. The lowest BCUT2D eigenvalue weighted by Crippen LogP contribution is -2.29. The molecule has 4 nitrogen and oxygen atoms in total. The zero-order chi connectivity index (χ0) is 20.8. The van der Waals surface area contributed by atoms with Crippen molar-refractivity contribution in [3.63, 3.8) is 0 Å². The van der Waals surface area contributed by atoms with Gasteiger partial charge in [-0.2, -0.15) is 0 Å². The molecule has 0 fully saturated rings. The van der Waals surface area contributed by atoms with Gasteiger partial charge in [-0.05, 0) is 53.4 Å². The van der Waals surface area contributed by atoms with Gasteiger partial charge in [0, 0.05) is 45.1 Å². The van der Waals surface area contributed by atoms with E-state index in [0.29, 0.717) is 17.9 Å². The van der Waals surface area contributed by atoms with Crippen LogP contribution in [0.2, 0.25) is 0 Å². The minimum Gasteiger partial charge on any atom is -0.493 e. The lowest BCUT2D eigenvalue weighted by molar-refractivity contribution is -0.116. The molecule has 154 valence electrons. The number of methoxy groups -OCH3 is 2. The third-order valence-electron chi connectivity index (χ3n) is 6.06. The second kappa shape index (κ2) is 7.60. The highest BCUT2D eigenvalue weighted by Crippen LogP contribution is 2.52. The minimum absolute atomic E-state index is 0.0761. The molecule has 0 saturated carbocycles. The summed E-state index contributed by atoms with van der Waals surface area (Å²) in [5, 5.41) is 7.78. The number of carbonyl (C=O) groups is 1. The number of nitrogens with one attached hydrogen (secondary N) is 1. The monoisotopic (exact) mass is 437 g/mol. The summed E-state index contributed by atoms with van der Waals surface area (Å²) in [6.07, 6.45) is 1.40. The van der Waals surface area contributed by atoms with Crippen LogP contribution >= 0.6 is 22.7 Å². The summed E-state index contributed by atoms with van der Waals surface area (Å²) in [5.74, 6) is 1.76. The van der Waals surface area contributed by atoms with Crippen LogP contribution in [0.1, 0.15) is 45.6 Å². The summed E-state index contributed by atoms with van der Waals surface area (Å²) in [5.41, 5.74) is 5.23. The van der Waals surface area contributed by atoms with Gasteiger partial charge < -0.3 is 14.8 Å². The third kappa shape index (κ3) is 3.06. The molecule has 3 aromatic rings. The van der Waals surface area contributed by atoms with Crippen LogP contribution < -0.4 is 14.8 Å². The summed E-state index contributed by atoms with van der Waals surface area (Å²) in [4.78, 5) is 16.0. The average Bonchev–Trinajstić information content (AvgIpc) is 3.43. The number of Topliss-reactive ketones (excluding diaryl/α,β-unsaturated/α-hetero) is 1. The highest BCUT2D eigenvalue weighted by atomic mass is 32.1. The number of benzene rings is 1. The molecule has 2 aliphatic rings. The van der Waals surface area contributed by atoms with E-state index >= 15 is 0 Å². The van der Waals surface area contributed by atoms with Crippen molar-refractivity contribution in [2.75, 3.05) is 19.5 Å². The number of carbonyl (C=O) groups excluding carboxylic acids is 1. The zero-order valence-corrected chi connectivity index (χ0v) is 18.8. The molecule has 6 heteroatoms. The highest BCUT2D eigenvalue weighted by molar-refractivity contribution is 7.10. The number of rotatable bonds is 4. The van der Waals surface area contributed by atoms with Crippen molar-refractivity contribution < 1.29 is 14.3 Å². The predicted octanol–water partition coefficient (Wildman–Crippen LogP) is 6.09. The first kappa shape index (κ1) is 19.4. The Hall–Kier alpha value is -2.57. The Morgan fingerprint density at radius 3 is 2.50 bits per heavy atom. The first-order valence-electron chi connectivity index (χ1n) is 9.97. The van der Waals surface area contributed by atoms with Gasteiger partial charge in [0.2, 0.25) is 0 Å². The Balaban J connectivity index is 1.68. The van der Waals surface area contributed by atoms with Gasteiger partial charge in [0.25, 0.3) is 0 Å². The molecule has 3 heterocycles. The van der Waals surface area contributed by atoms with E-state index in [1.165, 1.54) is 15.3 Å². The van der Waals surface area contributed by atoms with Crippen molar-refractivity contribution in [2.45, 2.75) is 31.6 Å². The number of aryl methyl sites for hydroxylation is 1. The number of allylic oxidation sites excluding steroid dienone is 2. The molecule has 0 saturated heterocycles. The SMILES string of the molecule is COc1cc2c(cc1OC)[C@@H](c1sccc1C)C1=C(C[C@@H](c3cccs3)CC1=O)N2. The molecule has 1 N–H and O–H groups in total. The number of hydrogen-bond acceptors (Lipinski definition) is 6. The Bertz CT molecular complexity index is 1140. The number of anilines is 1. The van der Waals surface area contributed by atoms with E-state index in [0.717, 1.165) is 28.9 Å². The molecule has 30 heavy (non-hydrogen) atoms. The van der Waals surface area contributed by atoms with Crippen molar-refractivity contribution in [2.24, 2.45) is 0 Å². The molecule has 2 aromatic heterocycles. The molecule has 2 atom stereocenters. The molecular weight excluding hydrogens is 414 g/mol. The van der Waals surface area contributed by atoms with E-state index in [2.05, 4.69) is 41.2 Å². The minimum atomic E-state index is -0.0761. The quantitative estimate of drug-likeness (QED) is 0.536. The molecule has 1 aliphatic heterocycles. The van der Waals surface area contributed by atoms with Gasteiger partial charge in [-0.25, -0.2) is 0 Å². The van der Waals surface area contributed by atoms with Crippen molar-refractivity contribution in [3.8, 4) is 11.5 Å². The molecular formula is C24H23NO3S2. The largest absolute Gasteiger partial charge is 0.493 e. The van der Waals surface area contributed by atoms with Crippen molar-refractivity contribution in [1.29, 1.82) is 0 Å². The number of fused-ring (bicyclic) bond motifs is 1. The van der Waals surface area contributed by atoms with E-state index in [1.807, 2.05) is 12.1 Å². The predicted molar refractivity (Wildman–Crippen MR) is 122 cm³/mol. The maximum atomic E-state index is 13.5. The van der Waals surface area contributed by atoms with Gasteiger partial charge in [0.1, 0.15) is 0 Å². The smallest absolute Gasteiger partial charge is 0.162 e. The van der Waals surface area contributed by atoms with Crippen LogP contribution in [0.25, 0.3) is 0 Å². The van der Waals surface area contributed by atoms with Gasteiger partial charge in [0.15, 0.2) is 17.3 Å². The van der Waals surface area contributed by atoms with E-state index in [-0.39, 0.29) is 17.6 Å². The van der Waals surface area contributed by atoms with E-state index in [4.69, 9.17) is 9.47 Å². The molecule has 5 rings (SSSR count). The summed E-state index contributed by atoms with van der Waals surface area (Å²) >= 11 is 3.45. The van der Waals surface area contributed by atoms with Gasteiger partial charge in [0.05, 0.1) is 20.1 Å². The summed E-state index contributed by atoms with van der Waals surface area (Å²) in [6, 6.07) is 10.3. The molecule has 0 amide bonds. The van der Waals surface area contributed by atoms with Crippen LogP contribution in [0.4, 0.5) is 5.69 Å². The highest BCUT2D eigenvalue weighted by Gasteiger charge is 2.40. The standard InChI is InChI=1S/C24H23NO3S2/c1-13-6-8-30-24(13)22-15-11-19(27-2)20(28-3)12-16(15)25-17-9-14(10-18(26)23(17)22)21-5-4-7-29-21/h4-8,11-12,14,22,25H,9-10H2,1-3H3/t14-,22-/m1/s1. The molecule has 0 unspecified atom stereocenters.